The van der Waals surface area contributed by atoms with Gasteiger partial charge in [0.15, 0.2) is 0 Å². The van der Waals surface area contributed by atoms with Gasteiger partial charge in [-0.15, -0.1) is 0 Å². The SMILES string of the molecule is CCCC(C)CC(N)=O. The van der Waals surface area contributed by atoms with Gasteiger partial charge in [0.05, 0.1) is 0 Å². The van der Waals surface area contributed by atoms with Crippen molar-refractivity contribution in [2.45, 2.75) is 33.1 Å². The summed E-state index contributed by atoms with van der Waals surface area (Å²) in [5, 5.41) is 0. The Morgan fingerprint density at radius 2 is 2.22 bits per heavy atom. The van der Waals surface area contributed by atoms with Gasteiger partial charge >= 0.3 is 0 Å². The van der Waals surface area contributed by atoms with Gasteiger partial charge in [0.25, 0.3) is 0 Å². The standard InChI is InChI=1S/C7H15NO/c1-3-4-6(2)5-7(8)9/h6H,3-5H2,1-2H3,(H2,8,9). The van der Waals surface area contributed by atoms with Crippen molar-refractivity contribution in [3.8, 4) is 0 Å². The van der Waals surface area contributed by atoms with Gasteiger partial charge in [-0.3, -0.25) is 4.79 Å². The first-order valence-electron chi connectivity index (χ1n) is 3.45. The van der Waals surface area contributed by atoms with E-state index in [2.05, 4.69) is 6.92 Å². The first-order chi connectivity index (χ1) is 4.16. The molecule has 2 nitrogen and oxygen atoms in total. The third-order valence-electron chi connectivity index (χ3n) is 1.33. The second-order valence-electron chi connectivity index (χ2n) is 2.56. The monoisotopic (exact) mass is 129 g/mol. The number of hydrogen-bond acceptors (Lipinski definition) is 1. The lowest BCUT2D eigenvalue weighted by atomic mass is 10.0. The molecular weight excluding hydrogens is 114 g/mol. The highest BCUT2D eigenvalue weighted by atomic mass is 16.1. The largest absolute Gasteiger partial charge is 0.370 e. The summed E-state index contributed by atoms with van der Waals surface area (Å²) in [5.41, 5.74) is 4.98. The third kappa shape index (κ3) is 5.34. The normalized spacial score (nSPS) is 13.1. The van der Waals surface area contributed by atoms with Crippen molar-refractivity contribution < 1.29 is 4.79 Å². The molecule has 0 heterocycles. The molecule has 1 amide bonds. The Labute approximate surface area is 56.4 Å². The molecular formula is C7H15NO. The van der Waals surface area contributed by atoms with Crippen LogP contribution in [0.3, 0.4) is 0 Å². The van der Waals surface area contributed by atoms with E-state index < -0.39 is 0 Å². The van der Waals surface area contributed by atoms with Crippen molar-refractivity contribution in [2.24, 2.45) is 11.7 Å². The topological polar surface area (TPSA) is 43.1 Å². The molecule has 0 spiro atoms. The lowest BCUT2D eigenvalue weighted by molar-refractivity contribution is -0.118. The Bertz CT molecular complexity index is 90.9. The van der Waals surface area contributed by atoms with Crippen LogP contribution in [0.25, 0.3) is 0 Å². The molecule has 0 aromatic carbocycles. The van der Waals surface area contributed by atoms with Crippen LogP contribution in [0.4, 0.5) is 0 Å². The van der Waals surface area contributed by atoms with Crippen LogP contribution in [-0.2, 0) is 4.79 Å². The van der Waals surface area contributed by atoms with Crippen molar-refractivity contribution in [1.29, 1.82) is 0 Å². The fourth-order valence-corrected chi connectivity index (χ4v) is 0.938. The van der Waals surface area contributed by atoms with Crippen LogP contribution in [0, 0.1) is 5.92 Å². The molecule has 1 atom stereocenters. The number of nitrogens with two attached hydrogens (primary N) is 1. The quantitative estimate of drug-likeness (QED) is 0.610. The van der Waals surface area contributed by atoms with Crippen molar-refractivity contribution in [1.82, 2.24) is 0 Å². The maximum absolute atomic E-state index is 10.3. The second kappa shape index (κ2) is 4.36. The summed E-state index contributed by atoms with van der Waals surface area (Å²) in [6.07, 6.45) is 2.77. The van der Waals surface area contributed by atoms with Gasteiger partial charge in [0.2, 0.25) is 5.91 Å². The van der Waals surface area contributed by atoms with Crippen LogP contribution in [0.2, 0.25) is 0 Å². The van der Waals surface area contributed by atoms with E-state index in [1.165, 1.54) is 0 Å². The smallest absolute Gasteiger partial charge is 0.217 e. The molecule has 0 aromatic rings. The van der Waals surface area contributed by atoms with E-state index >= 15 is 0 Å². The van der Waals surface area contributed by atoms with E-state index in [1.54, 1.807) is 0 Å². The Balaban J connectivity index is 3.26. The average molecular weight is 129 g/mol. The molecule has 0 fully saturated rings. The number of amides is 1. The molecule has 0 radical (unpaired) electrons. The van der Waals surface area contributed by atoms with Crippen molar-refractivity contribution >= 4 is 5.91 Å². The van der Waals surface area contributed by atoms with E-state index in [0.717, 1.165) is 12.8 Å². The Morgan fingerprint density at radius 1 is 1.67 bits per heavy atom. The molecule has 2 N–H and O–H groups in total. The highest BCUT2D eigenvalue weighted by molar-refractivity contribution is 5.73. The van der Waals surface area contributed by atoms with Crippen LogP contribution in [0.1, 0.15) is 33.1 Å². The summed E-state index contributed by atoms with van der Waals surface area (Å²) >= 11 is 0. The minimum atomic E-state index is -0.184. The van der Waals surface area contributed by atoms with Gasteiger partial charge in [0, 0.05) is 6.42 Å². The maximum atomic E-state index is 10.3. The molecule has 54 valence electrons. The molecule has 0 saturated heterocycles. The molecule has 0 aliphatic carbocycles. The van der Waals surface area contributed by atoms with Crippen molar-refractivity contribution in [3.63, 3.8) is 0 Å². The summed E-state index contributed by atoms with van der Waals surface area (Å²) in [4.78, 5) is 10.3. The lowest BCUT2D eigenvalue weighted by Gasteiger charge is -2.04. The number of primary amides is 1. The summed E-state index contributed by atoms with van der Waals surface area (Å²) < 4.78 is 0. The average Bonchev–Trinajstić information content (AvgIpc) is 1.63. The fourth-order valence-electron chi connectivity index (χ4n) is 0.938. The number of rotatable bonds is 4. The predicted molar refractivity (Wildman–Crippen MR) is 37.9 cm³/mol. The first kappa shape index (κ1) is 8.47. The molecule has 0 aliphatic rings. The van der Waals surface area contributed by atoms with E-state index in [0.29, 0.717) is 12.3 Å². The molecule has 2 heteroatoms. The van der Waals surface area contributed by atoms with Gasteiger partial charge in [-0.05, 0) is 5.92 Å². The van der Waals surface area contributed by atoms with Crippen LogP contribution < -0.4 is 5.73 Å². The van der Waals surface area contributed by atoms with E-state index in [9.17, 15) is 4.79 Å². The first-order valence-corrected chi connectivity index (χ1v) is 3.45. The van der Waals surface area contributed by atoms with Crippen LogP contribution >= 0.6 is 0 Å². The maximum Gasteiger partial charge on any atom is 0.217 e. The highest BCUT2D eigenvalue weighted by Crippen LogP contribution is 2.07. The number of carbonyl (C=O) groups excluding carboxylic acids is 1. The molecule has 0 saturated carbocycles. The van der Waals surface area contributed by atoms with E-state index in [-0.39, 0.29) is 5.91 Å². The van der Waals surface area contributed by atoms with Gasteiger partial charge < -0.3 is 5.73 Å². The fraction of sp³-hybridized carbons (Fsp3) is 0.857. The second-order valence-corrected chi connectivity index (χ2v) is 2.56. The summed E-state index contributed by atoms with van der Waals surface area (Å²) in [5.74, 6) is 0.281. The number of hydrogen-bond donors (Lipinski definition) is 1. The van der Waals surface area contributed by atoms with Gasteiger partial charge in [-0.1, -0.05) is 26.7 Å². The predicted octanol–water partition coefficient (Wildman–Crippen LogP) is 1.30. The molecule has 9 heavy (non-hydrogen) atoms. The zero-order valence-corrected chi connectivity index (χ0v) is 6.18. The molecule has 0 bridgehead atoms. The molecule has 0 aliphatic heterocycles. The van der Waals surface area contributed by atoms with Gasteiger partial charge in [-0.2, -0.15) is 0 Å². The Hall–Kier alpha value is -0.530. The van der Waals surface area contributed by atoms with Gasteiger partial charge in [-0.25, -0.2) is 0 Å². The molecule has 1 unspecified atom stereocenters. The van der Waals surface area contributed by atoms with Gasteiger partial charge in [0.1, 0.15) is 0 Å². The van der Waals surface area contributed by atoms with E-state index in [1.807, 2.05) is 6.92 Å². The van der Waals surface area contributed by atoms with Crippen molar-refractivity contribution in [2.75, 3.05) is 0 Å². The van der Waals surface area contributed by atoms with Crippen LogP contribution in [-0.4, -0.2) is 5.91 Å². The Kier molecular flexibility index (Phi) is 4.10. The zero-order valence-electron chi connectivity index (χ0n) is 6.18. The minimum Gasteiger partial charge on any atom is -0.370 e. The molecule has 0 aromatic heterocycles. The highest BCUT2D eigenvalue weighted by Gasteiger charge is 2.02. The summed E-state index contributed by atoms with van der Waals surface area (Å²) in [6, 6.07) is 0. The van der Waals surface area contributed by atoms with Crippen LogP contribution in [0.15, 0.2) is 0 Å². The van der Waals surface area contributed by atoms with E-state index in [4.69, 9.17) is 5.73 Å². The van der Waals surface area contributed by atoms with Crippen molar-refractivity contribution in [3.05, 3.63) is 0 Å². The third-order valence-corrected chi connectivity index (χ3v) is 1.33. The molecule has 0 rings (SSSR count). The van der Waals surface area contributed by atoms with Crippen LogP contribution in [0.5, 0.6) is 0 Å². The number of carbonyl (C=O) groups is 1. The minimum absolute atomic E-state index is 0.184. The Morgan fingerprint density at radius 3 is 2.56 bits per heavy atom. The zero-order chi connectivity index (χ0) is 7.28. The lowest BCUT2D eigenvalue weighted by Crippen LogP contribution is -2.14. The summed E-state index contributed by atoms with van der Waals surface area (Å²) in [7, 11) is 0. The summed E-state index contributed by atoms with van der Waals surface area (Å²) in [6.45, 7) is 4.16.